The number of carbonyl (C=O) groups excluding carboxylic acids is 2. The van der Waals surface area contributed by atoms with Gasteiger partial charge in [-0.1, -0.05) is 87.9 Å². The van der Waals surface area contributed by atoms with E-state index in [9.17, 15) is 9.59 Å². The lowest BCUT2D eigenvalue weighted by molar-refractivity contribution is -0.163. The molecule has 0 spiro atoms. The van der Waals surface area contributed by atoms with Gasteiger partial charge in [-0.2, -0.15) is 0 Å². The first-order valence-electron chi connectivity index (χ1n) is 11.7. The van der Waals surface area contributed by atoms with Crippen LogP contribution in [-0.4, -0.2) is 17.9 Å². The normalized spacial score (nSPS) is 29.0. The largest absolute Gasteiger partial charge is 0.461 e. The van der Waals surface area contributed by atoms with Crippen LogP contribution in [-0.2, 0) is 19.7 Å². The SMILES string of the molecule is C[C@@H]1CC[C@@H](C(C)(C)c2ccccc2)[C@H](OC(=O)C2C(=O)CC[C@@H]2c2ccccc2)C1. The third kappa shape index (κ3) is 4.46. The Morgan fingerprint density at radius 2 is 1.58 bits per heavy atom. The van der Waals surface area contributed by atoms with Gasteiger partial charge in [-0.3, -0.25) is 9.59 Å². The van der Waals surface area contributed by atoms with Gasteiger partial charge in [0.05, 0.1) is 0 Å². The maximum atomic E-state index is 13.4. The summed E-state index contributed by atoms with van der Waals surface area (Å²) < 4.78 is 6.23. The monoisotopic (exact) mass is 418 g/mol. The van der Waals surface area contributed by atoms with Crippen molar-refractivity contribution in [1.29, 1.82) is 0 Å². The molecule has 0 radical (unpaired) electrons. The second-order valence-corrected chi connectivity index (χ2v) is 10.1. The summed E-state index contributed by atoms with van der Waals surface area (Å²) in [4.78, 5) is 26.1. The van der Waals surface area contributed by atoms with E-state index in [1.165, 1.54) is 5.56 Å². The van der Waals surface area contributed by atoms with Gasteiger partial charge in [-0.25, -0.2) is 0 Å². The molecular formula is C28H34O3. The average Bonchev–Trinajstić information content (AvgIpc) is 3.16. The zero-order valence-corrected chi connectivity index (χ0v) is 18.9. The van der Waals surface area contributed by atoms with E-state index in [2.05, 4.69) is 45.0 Å². The molecule has 0 heterocycles. The highest BCUT2D eigenvalue weighted by atomic mass is 16.5. The Labute approximate surface area is 186 Å². The molecular weight excluding hydrogens is 384 g/mol. The number of esters is 1. The van der Waals surface area contributed by atoms with Crippen molar-refractivity contribution >= 4 is 11.8 Å². The van der Waals surface area contributed by atoms with E-state index in [4.69, 9.17) is 4.74 Å². The molecule has 2 aromatic rings. The molecule has 0 bridgehead atoms. The molecule has 0 amide bonds. The number of ether oxygens (including phenoxy) is 1. The van der Waals surface area contributed by atoms with E-state index in [1.807, 2.05) is 36.4 Å². The minimum absolute atomic E-state index is 0.0292. The van der Waals surface area contributed by atoms with Crippen molar-refractivity contribution in [2.24, 2.45) is 17.8 Å². The summed E-state index contributed by atoms with van der Waals surface area (Å²) in [5.41, 5.74) is 2.23. The van der Waals surface area contributed by atoms with E-state index in [0.717, 1.165) is 31.2 Å². The molecule has 3 heteroatoms. The van der Waals surface area contributed by atoms with Crippen LogP contribution in [0.25, 0.3) is 0 Å². The molecule has 0 aliphatic heterocycles. The van der Waals surface area contributed by atoms with E-state index < -0.39 is 5.92 Å². The van der Waals surface area contributed by atoms with Crippen LogP contribution in [0.15, 0.2) is 60.7 Å². The van der Waals surface area contributed by atoms with Gasteiger partial charge in [0.2, 0.25) is 0 Å². The lowest BCUT2D eigenvalue weighted by atomic mass is 9.64. The molecule has 2 saturated carbocycles. The minimum Gasteiger partial charge on any atom is -0.461 e. The van der Waals surface area contributed by atoms with Crippen LogP contribution in [0.1, 0.15) is 69.9 Å². The summed E-state index contributed by atoms with van der Waals surface area (Å²) in [6.45, 7) is 6.76. The Balaban J connectivity index is 1.56. The summed E-state index contributed by atoms with van der Waals surface area (Å²) in [6.07, 6.45) is 4.06. The highest BCUT2D eigenvalue weighted by Crippen LogP contribution is 2.45. The van der Waals surface area contributed by atoms with E-state index in [1.54, 1.807) is 0 Å². The Kier molecular flexibility index (Phi) is 6.31. The van der Waals surface area contributed by atoms with Crippen LogP contribution < -0.4 is 0 Å². The fourth-order valence-corrected chi connectivity index (χ4v) is 5.79. The van der Waals surface area contributed by atoms with Crippen LogP contribution in [0.5, 0.6) is 0 Å². The third-order valence-corrected chi connectivity index (χ3v) is 7.70. The molecule has 2 aliphatic rings. The standard InChI is InChI=1S/C28H34O3/c1-19-14-16-23(28(2,3)21-12-8-5-9-13-21)25(18-19)31-27(30)26-22(15-17-24(26)29)20-10-6-4-7-11-20/h4-13,19,22-23,25-26H,14-18H2,1-3H3/t19-,22-,23-,25-,26?/m1/s1. The predicted octanol–water partition coefficient (Wildman–Crippen LogP) is 6.08. The van der Waals surface area contributed by atoms with Gasteiger partial charge in [-0.05, 0) is 41.7 Å². The lowest BCUT2D eigenvalue weighted by Crippen LogP contribution is -2.44. The van der Waals surface area contributed by atoms with Crippen molar-refractivity contribution in [1.82, 2.24) is 0 Å². The summed E-state index contributed by atoms with van der Waals surface area (Å²) in [5.74, 6) is -0.264. The maximum Gasteiger partial charge on any atom is 0.317 e. The Morgan fingerprint density at radius 1 is 0.935 bits per heavy atom. The van der Waals surface area contributed by atoms with Gasteiger partial charge in [0.15, 0.2) is 0 Å². The molecule has 1 unspecified atom stereocenters. The third-order valence-electron chi connectivity index (χ3n) is 7.70. The first-order chi connectivity index (χ1) is 14.9. The quantitative estimate of drug-likeness (QED) is 0.437. The Hall–Kier alpha value is -2.42. The molecule has 31 heavy (non-hydrogen) atoms. The van der Waals surface area contributed by atoms with Crippen LogP contribution in [0.4, 0.5) is 0 Å². The van der Waals surface area contributed by atoms with Crippen molar-refractivity contribution in [2.45, 2.75) is 70.3 Å². The molecule has 3 nitrogen and oxygen atoms in total. The van der Waals surface area contributed by atoms with Gasteiger partial charge in [0, 0.05) is 18.3 Å². The number of rotatable bonds is 5. The maximum absolute atomic E-state index is 13.4. The summed E-state index contributed by atoms with van der Waals surface area (Å²) >= 11 is 0. The molecule has 2 fully saturated rings. The summed E-state index contributed by atoms with van der Waals surface area (Å²) in [5, 5.41) is 0. The molecule has 2 aromatic carbocycles. The van der Waals surface area contributed by atoms with Crippen molar-refractivity contribution in [3.8, 4) is 0 Å². The van der Waals surface area contributed by atoms with E-state index in [0.29, 0.717) is 12.3 Å². The summed E-state index contributed by atoms with van der Waals surface area (Å²) in [6, 6.07) is 20.5. The van der Waals surface area contributed by atoms with Crippen LogP contribution in [0.2, 0.25) is 0 Å². The van der Waals surface area contributed by atoms with Gasteiger partial charge >= 0.3 is 5.97 Å². The van der Waals surface area contributed by atoms with E-state index >= 15 is 0 Å². The second kappa shape index (κ2) is 8.98. The molecule has 0 aromatic heterocycles. The van der Waals surface area contributed by atoms with Crippen molar-refractivity contribution in [3.63, 3.8) is 0 Å². The van der Waals surface area contributed by atoms with Gasteiger partial charge < -0.3 is 4.74 Å². The average molecular weight is 419 g/mol. The lowest BCUT2D eigenvalue weighted by Gasteiger charge is -2.44. The number of carbonyl (C=O) groups is 2. The first-order valence-corrected chi connectivity index (χ1v) is 11.7. The second-order valence-electron chi connectivity index (χ2n) is 10.1. The minimum atomic E-state index is -0.667. The van der Waals surface area contributed by atoms with E-state index in [-0.39, 0.29) is 35.1 Å². The Morgan fingerprint density at radius 3 is 2.26 bits per heavy atom. The van der Waals surface area contributed by atoms with Crippen LogP contribution in [0, 0.1) is 17.8 Å². The first kappa shape index (κ1) is 21.8. The molecule has 0 saturated heterocycles. The van der Waals surface area contributed by atoms with Crippen molar-refractivity contribution in [2.75, 3.05) is 0 Å². The Bertz CT molecular complexity index is 902. The van der Waals surface area contributed by atoms with Gasteiger partial charge in [0.25, 0.3) is 0 Å². The number of Topliss-reactive ketones (excluding diaryl/α,β-unsaturated/α-hetero) is 1. The summed E-state index contributed by atoms with van der Waals surface area (Å²) in [7, 11) is 0. The number of hydrogen-bond donors (Lipinski definition) is 0. The number of hydrogen-bond acceptors (Lipinski definition) is 3. The molecule has 164 valence electrons. The molecule has 4 rings (SSSR count). The molecule has 5 atom stereocenters. The van der Waals surface area contributed by atoms with Crippen LogP contribution >= 0.6 is 0 Å². The zero-order valence-electron chi connectivity index (χ0n) is 18.9. The predicted molar refractivity (Wildman–Crippen MR) is 123 cm³/mol. The highest BCUT2D eigenvalue weighted by molar-refractivity contribution is 6.01. The smallest absolute Gasteiger partial charge is 0.317 e. The van der Waals surface area contributed by atoms with Gasteiger partial charge in [-0.15, -0.1) is 0 Å². The number of ketones is 1. The van der Waals surface area contributed by atoms with Crippen molar-refractivity contribution in [3.05, 3.63) is 71.8 Å². The molecule has 2 aliphatic carbocycles. The molecule has 0 N–H and O–H groups in total. The highest BCUT2D eigenvalue weighted by Gasteiger charge is 2.46. The topological polar surface area (TPSA) is 43.4 Å². The van der Waals surface area contributed by atoms with Crippen LogP contribution in [0.3, 0.4) is 0 Å². The number of benzene rings is 2. The fraction of sp³-hybridized carbons (Fsp3) is 0.500. The fourth-order valence-electron chi connectivity index (χ4n) is 5.79. The van der Waals surface area contributed by atoms with Gasteiger partial charge in [0.1, 0.15) is 17.8 Å². The zero-order chi connectivity index (χ0) is 22.0. The van der Waals surface area contributed by atoms with Crippen molar-refractivity contribution < 1.29 is 14.3 Å².